The number of carbonyl (C=O) groups is 2. The Labute approximate surface area is 183 Å². The zero-order valence-corrected chi connectivity index (χ0v) is 16.7. The number of rotatable bonds is 6. The average Bonchev–Trinajstić information content (AvgIpc) is 2.75. The highest BCUT2D eigenvalue weighted by molar-refractivity contribution is 5.97. The molecule has 0 bridgehead atoms. The molecule has 3 aromatic rings. The number of nitrogens with zero attached hydrogens (tertiary/aromatic N) is 2. The van der Waals surface area contributed by atoms with Crippen LogP contribution in [0.25, 0.3) is 5.69 Å². The minimum atomic E-state index is -4.78. The molecular formula is C21H16F3N3O6. The number of aliphatic carboxylic acids is 1. The van der Waals surface area contributed by atoms with E-state index in [2.05, 4.69) is 0 Å². The van der Waals surface area contributed by atoms with Gasteiger partial charge in [0.2, 0.25) is 5.88 Å². The second-order valence-electron chi connectivity index (χ2n) is 6.82. The normalized spacial score (nSPS) is 11.2. The second kappa shape index (κ2) is 9.02. The molecule has 0 aliphatic rings. The highest BCUT2D eigenvalue weighted by atomic mass is 19.4. The van der Waals surface area contributed by atoms with E-state index in [1.165, 1.54) is 0 Å². The number of carboxylic acids is 1. The second-order valence-corrected chi connectivity index (χ2v) is 6.82. The van der Waals surface area contributed by atoms with Crippen LogP contribution < -0.4 is 16.6 Å². The van der Waals surface area contributed by atoms with Crippen molar-refractivity contribution in [1.82, 2.24) is 14.5 Å². The quantitative estimate of drug-likeness (QED) is 0.509. The standard InChI is InChI=1S/C21H16F3N3O6/c22-21(23,24)13-7-4-8-14(9-13)27-19(32)16(17(30)25-10-15(28)29)18(31)26(20(27)33)11-12-5-2-1-3-6-12/h1-9,31H,10-11H2,(H,25,30)(H,28,29). The zero-order chi connectivity index (χ0) is 24.3. The topological polar surface area (TPSA) is 131 Å². The zero-order valence-electron chi connectivity index (χ0n) is 16.7. The molecule has 0 aliphatic heterocycles. The molecule has 1 heterocycles. The number of carboxylic acid groups (broad SMARTS) is 1. The first-order chi connectivity index (χ1) is 15.5. The fraction of sp³-hybridized carbons (Fsp3) is 0.143. The molecule has 2 aromatic carbocycles. The predicted molar refractivity (Wildman–Crippen MR) is 108 cm³/mol. The van der Waals surface area contributed by atoms with E-state index in [1.807, 2.05) is 5.32 Å². The number of aromatic hydroxyl groups is 1. The van der Waals surface area contributed by atoms with Crippen molar-refractivity contribution in [2.24, 2.45) is 0 Å². The molecule has 0 unspecified atom stereocenters. The van der Waals surface area contributed by atoms with Gasteiger partial charge in [0, 0.05) is 0 Å². The van der Waals surface area contributed by atoms with Crippen molar-refractivity contribution in [3.05, 3.63) is 92.1 Å². The maximum atomic E-state index is 13.2. The maximum absolute atomic E-state index is 13.2. The summed E-state index contributed by atoms with van der Waals surface area (Å²) in [7, 11) is 0. The molecule has 0 fully saturated rings. The maximum Gasteiger partial charge on any atom is 0.416 e. The lowest BCUT2D eigenvalue weighted by atomic mass is 10.2. The highest BCUT2D eigenvalue weighted by Crippen LogP contribution is 2.30. The summed E-state index contributed by atoms with van der Waals surface area (Å²) < 4.78 is 40.5. The Kier molecular flexibility index (Phi) is 6.38. The van der Waals surface area contributed by atoms with Crippen LogP contribution >= 0.6 is 0 Å². The molecule has 33 heavy (non-hydrogen) atoms. The van der Waals surface area contributed by atoms with Crippen LogP contribution in [0, 0.1) is 0 Å². The largest absolute Gasteiger partial charge is 0.494 e. The van der Waals surface area contributed by atoms with Crippen molar-refractivity contribution in [2.75, 3.05) is 6.54 Å². The monoisotopic (exact) mass is 463 g/mol. The summed E-state index contributed by atoms with van der Waals surface area (Å²) in [5.74, 6) is -3.82. The summed E-state index contributed by atoms with van der Waals surface area (Å²) in [5.41, 5.74) is -4.77. The number of halogens is 3. The molecule has 12 heteroatoms. The molecule has 9 nitrogen and oxygen atoms in total. The molecule has 0 aliphatic carbocycles. The summed E-state index contributed by atoms with van der Waals surface area (Å²) in [6.45, 7) is -1.23. The molecule has 0 saturated heterocycles. The lowest BCUT2D eigenvalue weighted by molar-refractivity contribution is -0.138. The number of hydrogen-bond donors (Lipinski definition) is 3. The van der Waals surface area contributed by atoms with Crippen molar-refractivity contribution < 1.29 is 33.0 Å². The first-order valence-electron chi connectivity index (χ1n) is 9.31. The van der Waals surface area contributed by atoms with E-state index in [4.69, 9.17) is 5.11 Å². The first-order valence-corrected chi connectivity index (χ1v) is 9.31. The van der Waals surface area contributed by atoms with Crippen molar-refractivity contribution in [3.63, 3.8) is 0 Å². The van der Waals surface area contributed by atoms with Gasteiger partial charge in [-0.25, -0.2) is 9.36 Å². The van der Waals surface area contributed by atoms with Crippen LogP contribution in [-0.4, -0.2) is 37.8 Å². The molecule has 0 spiro atoms. The van der Waals surface area contributed by atoms with E-state index in [0.29, 0.717) is 20.8 Å². The molecular weight excluding hydrogens is 447 g/mol. The fourth-order valence-corrected chi connectivity index (χ4v) is 3.04. The van der Waals surface area contributed by atoms with Crippen molar-refractivity contribution in [2.45, 2.75) is 12.7 Å². The summed E-state index contributed by atoms with van der Waals surface area (Å²) in [5, 5.41) is 21.2. The summed E-state index contributed by atoms with van der Waals surface area (Å²) in [6.07, 6.45) is -4.78. The van der Waals surface area contributed by atoms with Crippen LogP contribution in [0.2, 0.25) is 0 Å². The van der Waals surface area contributed by atoms with E-state index < -0.39 is 58.5 Å². The third-order valence-electron chi connectivity index (χ3n) is 4.56. The van der Waals surface area contributed by atoms with Crippen LogP contribution in [0.1, 0.15) is 21.5 Å². The minimum Gasteiger partial charge on any atom is -0.494 e. The number of amides is 1. The summed E-state index contributed by atoms with van der Waals surface area (Å²) in [6, 6.07) is 11.4. The van der Waals surface area contributed by atoms with Crippen LogP contribution in [0.3, 0.4) is 0 Å². The van der Waals surface area contributed by atoms with Gasteiger partial charge in [0.25, 0.3) is 11.5 Å². The molecule has 3 N–H and O–H groups in total. The van der Waals surface area contributed by atoms with Gasteiger partial charge in [-0.1, -0.05) is 36.4 Å². The number of nitrogens with one attached hydrogen (secondary N) is 1. The molecule has 172 valence electrons. The van der Waals surface area contributed by atoms with Crippen LogP contribution in [0.5, 0.6) is 5.88 Å². The third-order valence-corrected chi connectivity index (χ3v) is 4.56. The number of alkyl halides is 3. The fourth-order valence-electron chi connectivity index (χ4n) is 3.04. The minimum absolute atomic E-state index is 0.313. The number of aromatic nitrogens is 2. The third kappa shape index (κ3) is 4.95. The average molecular weight is 463 g/mol. The molecule has 0 saturated carbocycles. The van der Waals surface area contributed by atoms with E-state index >= 15 is 0 Å². The van der Waals surface area contributed by atoms with Crippen LogP contribution in [0.15, 0.2) is 64.2 Å². The lowest BCUT2D eigenvalue weighted by Gasteiger charge is -2.16. The first kappa shape index (κ1) is 23.3. The van der Waals surface area contributed by atoms with E-state index in [1.54, 1.807) is 30.3 Å². The molecule has 1 amide bonds. The van der Waals surface area contributed by atoms with E-state index in [-0.39, 0.29) is 6.54 Å². The summed E-state index contributed by atoms with van der Waals surface area (Å²) in [4.78, 5) is 49.3. The Morgan fingerprint density at radius 1 is 1.00 bits per heavy atom. The van der Waals surface area contributed by atoms with Gasteiger partial charge < -0.3 is 15.5 Å². The van der Waals surface area contributed by atoms with Gasteiger partial charge in [0.15, 0.2) is 5.56 Å². The van der Waals surface area contributed by atoms with Gasteiger partial charge in [-0.2, -0.15) is 13.2 Å². The molecule has 0 atom stereocenters. The molecule has 0 radical (unpaired) electrons. The Morgan fingerprint density at radius 3 is 2.27 bits per heavy atom. The Hall–Kier alpha value is -4.35. The van der Waals surface area contributed by atoms with Gasteiger partial charge in [-0.15, -0.1) is 0 Å². The van der Waals surface area contributed by atoms with Gasteiger partial charge in [0.05, 0.1) is 17.8 Å². The van der Waals surface area contributed by atoms with Crippen molar-refractivity contribution in [1.29, 1.82) is 0 Å². The van der Waals surface area contributed by atoms with Crippen LogP contribution in [-0.2, 0) is 17.5 Å². The molecule has 1 aromatic heterocycles. The van der Waals surface area contributed by atoms with Crippen LogP contribution in [0.4, 0.5) is 13.2 Å². The SMILES string of the molecule is O=C(O)CNC(=O)c1c(O)n(Cc2ccccc2)c(=O)n(-c2cccc(C(F)(F)F)c2)c1=O. The number of carbonyl (C=O) groups excluding carboxylic acids is 1. The smallest absolute Gasteiger partial charge is 0.416 e. The number of benzene rings is 2. The Morgan fingerprint density at radius 2 is 1.67 bits per heavy atom. The van der Waals surface area contributed by atoms with Gasteiger partial charge in [-0.05, 0) is 23.8 Å². The highest BCUT2D eigenvalue weighted by Gasteiger charge is 2.31. The Balaban J connectivity index is 2.28. The van der Waals surface area contributed by atoms with E-state index in [9.17, 15) is 37.5 Å². The number of hydrogen-bond acceptors (Lipinski definition) is 5. The van der Waals surface area contributed by atoms with Gasteiger partial charge in [0.1, 0.15) is 6.54 Å². The van der Waals surface area contributed by atoms with Crippen molar-refractivity contribution >= 4 is 11.9 Å². The predicted octanol–water partition coefficient (Wildman–Crippen LogP) is 1.59. The van der Waals surface area contributed by atoms with Gasteiger partial charge in [-0.3, -0.25) is 19.0 Å². The van der Waals surface area contributed by atoms with E-state index in [0.717, 1.165) is 18.2 Å². The van der Waals surface area contributed by atoms with Crippen molar-refractivity contribution in [3.8, 4) is 11.6 Å². The molecule has 3 rings (SSSR count). The Bertz CT molecular complexity index is 1330. The lowest BCUT2D eigenvalue weighted by Crippen LogP contribution is -2.44. The summed E-state index contributed by atoms with van der Waals surface area (Å²) >= 11 is 0. The van der Waals surface area contributed by atoms with Gasteiger partial charge >= 0.3 is 17.8 Å².